The van der Waals surface area contributed by atoms with Crippen molar-refractivity contribution in [3.8, 4) is 11.5 Å². The molecule has 0 heterocycles. The second-order valence-electron chi connectivity index (χ2n) is 6.23. The minimum absolute atomic E-state index is 0.311. The van der Waals surface area contributed by atoms with Gasteiger partial charge in [0.1, 0.15) is 6.61 Å². The molecule has 0 radical (unpaired) electrons. The zero-order valence-corrected chi connectivity index (χ0v) is 16.2. The van der Waals surface area contributed by atoms with Crippen LogP contribution in [0.1, 0.15) is 28.4 Å². The highest BCUT2D eigenvalue weighted by molar-refractivity contribution is 5.95. The minimum atomic E-state index is -0.311. The number of rotatable bonds is 8. The smallest absolute Gasteiger partial charge is 0.271 e. The third-order valence-corrected chi connectivity index (χ3v) is 4.06. The Morgan fingerprint density at radius 2 is 1.76 bits per heavy atom. The second kappa shape index (κ2) is 9.94. The summed E-state index contributed by atoms with van der Waals surface area (Å²) < 4.78 is 11.6. The van der Waals surface area contributed by atoms with Gasteiger partial charge in [-0.1, -0.05) is 30.3 Å². The molecule has 0 aromatic heterocycles. The Balaban J connectivity index is 1.64. The lowest BCUT2D eigenvalue weighted by atomic mass is 10.2. The van der Waals surface area contributed by atoms with Gasteiger partial charge in [-0.05, 0) is 60.5 Å². The molecule has 6 nitrogen and oxygen atoms in total. The summed E-state index contributed by atoms with van der Waals surface area (Å²) in [5, 5.41) is 4.01. The molecule has 6 heteroatoms. The predicted molar refractivity (Wildman–Crippen MR) is 114 cm³/mol. The van der Waals surface area contributed by atoms with Crippen LogP contribution in [0, 0.1) is 0 Å². The van der Waals surface area contributed by atoms with E-state index in [9.17, 15) is 4.79 Å². The molecule has 3 aromatic carbocycles. The summed E-state index contributed by atoms with van der Waals surface area (Å²) in [6.07, 6.45) is 1.55. The van der Waals surface area contributed by atoms with Crippen molar-refractivity contribution < 1.29 is 14.3 Å². The van der Waals surface area contributed by atoms with Crippen LogP contribution in [0.3, 0.4) is 0 Å². The van der Waals surface area contributed by atoms with Gasteiger partial charge in [-0.15, -0.1) is 0 Å². The van der Waals surface area contributed by atoms with E-state index in [1.165, 1.54) is 0 Å². The molecule has 0 spiro atoms. The van der Waals surface area contributed by atoms with Gasteiger partial charge >= 0.3 is 0 Å². The first-order valence-corrected chi connectivity index (χ1v) is 9.28. The van der Waals surface area contributed by atoms with Crippen molar-refractivity contribution in [3.63, 3.8) is 0 Å². The van der Waals surface area contributed by atoms with Gasteiger partial charge in [0.05, 0.1) is 12.8 Å². The molecule has 0 saturated heterocycles. The number of carbonyl (C=O) groups excluding carboxylic acids is 1. The van der Waals surface area contributed by atoms with Crippen LogP contribution in [-0.2, 0) is 6.61 Å². The topological polar surface area (TPSA) is 85.9 Å². The largest absolute Gasteiger partial charge is 0.490 e. The number of ether oxygens (including phenoxy) is 2. The van der Waals surface area contributed by atoms with E-state index in [0.717, 1.165) is 11.1 Å². The van der Waals surface area contributed by atoms with E-state index in [0.29, 0.717) is 36.0 Å². The highest BCUT2D eigenvalue weighted by atomic mass is 16.5. The molecule has 3 rings (SSSR count). The Morgan fingerprint density at radius 1 is 1.00 bits per heavy atom. The van der Waals surface area contributed by atoms with Gasteiger partial charge in [-0.2, -0.15) is 5.10 Å². The van der Waals surface area contributed by atoms with Crippen LogP contribution >= 0.6 is 0 Å². The molecule has 0 saturated carbocycles. The number of nitrogens with two attached hydrogens (primary N) is 1. The van der Waals surface area contributed by atoms with E-state index in [1.54, 1.807) is 30.5 Å². The molecular formula is C23H23N3O3. The lowest BCUT2D eigenvalue weighted by Crippen LogP contribution is -2.17. The standard InChI is InChI=1S/C23H23N3O3/c1-2-28-22-14-18(8-13-21(22)29-16-17-6-4-3-5-7-17)15-25-26-23(27)19-9-11-20(24)12-10-19/h3-15H,2,16,24H2,1H3,(H,26,27). The lowest BCUT2D eigenvalue weighted by molar-refractivity contribution is 0.0955. The van der Waals surface area contributed by atoms with Gasteiger partial charge in [-0.25, -0.2) is 5.43 Å². The van der Waals surface area contributed by atoms with E-state index in [4.69, 9.17) is 15.2 Å². The highest BCUT2D eigenvalue weighted by Gasteiger charge is 2.07. The van der Waals surface area contributed by atoms with Crippen LogP contribution in [0.2, 0.25) is 0 Å². The van der Waals surface area contributed by atoms with Crippen LogP contribution in [0.25, 0.3) is 0 Å². The quantitative estimate of drug-likeness (QED) is 0.346. The summed E-state index contributed by atoms with van der Waals surface area (Å²) in [5.41, 5.74) is 11.1. The van der Waals surface area contributed by atoms with Crippen molar-refractivity contribution in [2.75, 3.05) is 12.3 Å². The molecular weight excluding hydrogens is 366 g/mol. The Morgan fingerprint density at radius 3 is 2.48 bits per heavy atom. The number of carbonyl (C=O) groups is 1. The number of nitrogen functional groups attached to an aromatic ring is 1. The molecule has 0 bridgehead atoms. The molecule has 0 aliphatic rings. The van der Waals surface area contributed by atoms with Crippen molar-refractivity contribution in [2.45, 2.75) is 13.5 Å². The van der Waals surface area contributed by atoms with Gasteiger partial charge in [0.2, 0.25) is 0 Å². The van der Waals surface area contributed by atoms with Gasteiger partial charge in [0, 0.05) is 11.3 Å². The van der Waals surface area contributed by atoms with Crippen molar-refractivity contribution in [3.05, 3.63) is 89.5 Å². The van der Waals surface area contributed by atoms with E-state index in [-0.39, 0.29) is 5.91 Å². The lowest BCUT2D eigenvalue weighted by Gasteiger charge is -2.12. The number of hydrogen-bond acceptors (Lipinski definition) is 5. The maximum Gasteiger partial charge on any atom is 0.271 e. The van der Waals surface area contributed by atoms with Gasteiger partial charge in [0.15, 0.2) is 11.5 Å². The molecule has 0 fully saturated rings. The molecule has 29 heavy (non-hydrogen) atoms. The SMILES string of the molecule is CCOc1cc(C=NNC(=O)c2ccc(N)cc2)ccc1OCc1ccccc1. The molecule has 0 aliphatic carbocycles. The average Bonchev–Trinajstić information content (AvgIpc) is 2.74. The molecule has 0 aliphatic heterocycles. The summed E-state index contributed by atoms with van der Waals surface area (Å²) in [6, 6.07) is 22.1. The highest BCUT2D eigenvalue weighted by Crippen LogP contribution is 2.28. The van der Waals surface area contributed by atoms with Crippen LogP contribution in [-0.4, -0.2) is 18.7 Å². The number of nitrogens with one attached hydrogen (secondary N) is 1. The van der Waals surface area contributed by atoms with Crippen LogP contribution in [0.15, 0.2) is 77.9 Å². The van der Waals surface area contributed by atoms with E-state index < -0.39 is 0 Å². The number of amides is 1. The minimum Gasteiger partial charge on any atom is -0.490 e. The van der Waals surface area contributed by atoms with Crippen LogP contribution < -0.4 is 20.6 Å². The molecule has 1 amide bonds. The number of hydrogen-bond donors (Lipinski definition) is 2. The fourth-order valence-corrected chi connectivity index (χ4v) is 2.59. The number of benzene rings is 3. The Bertz CT molecular complexity index is 970. The molecule has 0 unspecified atom stereocenters. The number of hydrazone groups is 1. The van der Waals surface area contributed by atoms with Gasteiger partial charge < -0.3 is 15.2 Å². The number of anilines is 1. The van der Waals surface area contributed by atoms with E-state index >= 15 is 0 Å². The second-order valence-corrected chi connectivity index (χ2v) is 6.23. The summed E-state index contributed by atoms with van der Waals surface area (Å²) in [6.45, 7) is 2.87. The zero-order chi connectivity index (χ0) is 20.5. The van der Waals surface area contributed by atoms with Crippen LogP contribution in [0.4, 0.5) is 5.69 Å². The fourth-order valence-electron chi connectivity index (χ4n) is 2.59. The van der Waals surface area contributed by atoms with Gasteiger partial charge in [-0.3, -0.25) is 4.79 Å². The summed E-state index contributed by atoms with van der Waals surface area (Å²) in [5.74, 6) is 0.963. The molecule has 3 N–H and O–H groups in total. The maximum absolute atomic E-state index is 12.1. The van der Waals surface area contributed by atoms with E-state index in [2.05, 4.69) is 10.5 Å². The van der Waals surface area contributed by atoms with Gasteiger partial charge in [0.25, 0.3) is 5.91 Å². The monoisotopic (exact) mass is 389 g/mol. The molecule has 0 atom stereocenters. The molecule has 3 aromatic rings. The summed E-state index contributed by atoms with van der Waals surface area (Å²) in [4.78, 5) is 12.1. The Hall–Kier alpha value is -3.80. The van der Waals surface area contributed by atoms with Crippen molar-refractivity contribution in [2.24, 2.45) is 5.10 Å². The third-order valence-electron chi connectivity index (χ3n) is 4.06. The predicted octanol–water partition coefficient (Wildman–Crippen LogP) is 4.01. The molecule has 148 valence electrons. The summed E-state index contributed by atoms with van der Waals surface area (Å²) in [7, 11) is 0. The van der Waals surface area contributed by atoms with Crippen molar-refractivity contribution in [1.82, 2.24) is 5.43 Å². The van der Waals surface area contributed by atoms with E-state index in [1.807, 2.05) is 55.5 Å². The van der Waals surface area contributed by atoms with Crippen molar-refractivity contribution >= 4 is 17.8 Å². The first-order chi connectivity index (χ1) is 14.2. The summed E-state index contributed by atoms with van der Waals surface area (Å²) >= 11 is 0. The zero-order valence-electron chi connectivity index (χ0n) is 16.2. The first kappa shape index (κ1) is 19.9. The fraction of sp³-hybridized carbons (Fsp3) is 0.130. The Labute approximate surface area is 170 Å². The normalized spacial score (nSPS) is 10.7. The van der Waals surface area contributed by atoms with Crippen LogP contribution in [0.5, 0.6) is 11.5 Å². The first-order valence-electron chi connectivity index (χ1n) is 9.28. The number of nitrogens with zero attached hydrogens (tertiary/aromatic N) is 1. The maximum atomic E-state index is 12.1. The Kier molecular flexibility index (Phi) is 6.84. The van der Waals surface area contributed by atoms with Crippen molar-refractivity contribution in [1.29, 1.82) is 0 Å². The average molecular weight is 389 g/mol. The third kappa shape index (κ3) is 5.84.